The van der Waals surface area contributed by atoms with Gasteiger partial charge >= 0.3 is 0 Å². The highest BCUT2D eigenvalue weighted by Crippen LogP contribution is 2.30. The molecule has 8 aromatic rings. The average molecular weight is 751 g/mol. The van der Waals surface area contributed by atoms with Gasteiger partial charge in [0.2, 0.25) is 0 Å². The minimum absolute atomic E-state index is 0.0183. The fourth-order valence-electron chi connectivity index (χ4n) is 5.25. The third kappa shape index (κ3) is 7.40. The molecule has 1 amide bonds. The zero-order valence-electron chi connectivity index (χ0n) is 27.3. The van der Waals surface area contributed by atoms with E-state index in [1.165, 1.54) is 69.8 Å². The number of nitrogens with one attached hydrogen (secondary N) is 2. The van der Waals surface area contributed by atoms with E-state index in [4.69, 9.17) is 21.1 Å². The number of carbonyl (C=O) groups excluding carboxylic acids is 1. The van der Waals surface area contributed by atoms with Crippen molar-refractivity contribution >= 4 is 51.1 Å². The first kappa shape index (κ1) is 33.5. The first-order valence-electron chi connectivity index (χ1n) is 15.7. The van der Waals surface area contributed by atoms with Crippen LogP contribution in [0.4, 0.5) is 15.3 Å². The summed E-state index contributed by atoms with van der Waals surface area (Å²) in [5.41, 5.74) is 2.64. The number of nitrogens with zero attached hydrogens (tertiary/aromatic N) is 10. The number of carbonyl (C=O) groups is 1. The number of ether oxygens (including phenoxy) is 2. The Morgan fingerprint density at radius 2 is 1.70 bits per heavy atom. The molecule has 0 saturated carbocycles. The highest BCUT2D eigenvalue weighted by Gasteiger charge is 2.19. The maximum atomic E-state index is 15.0. The van der Waals surface area contributed by atoms with Crippen LogP contribution in [0.1, 0.15) is 39.2 Å². The van der Waals surface area contributed by atoms with Crippen LogP contribution in [0.2, 0.25) is 5.02 Å². The smallest absolute Gasteiger partial charge is 0.260 e. The maximum absolute atomic E-state index is 15.0. The van der Waals surface area contributed by atoms with Crippen molar-refractivity contribution in [1.29, 1.82) is 0 Å². The molecule has 0 aromatic carbocycles. The molecular formula is C34H24ClFN12O4S. The Kier molecular flexibility index (Phi) is 8.96. The number of aromatic nitrogens is 10. The number of anilines is 2. The van der Waals surface area contributed by atoms with Crippen molar-refractivity contribution in [2.75, 3.05) is 10.6 Å². The van der Waals surface area contributed by atoms with Crippen LogP contribution in [0, 0.1) is 12.7 Å². The number of thiazole rings is 1. The molecule has 0 aliphatic heterocycles. The molecule has 1 atom stereocenters. The van der Waals surface area contributed by atoms with Crippen LogP contribution in [-0.2, 0) is 6.42 Å². The summed E-state index contributed by atoms with van der Waals surface area (Å²) in [5.74, 6) is 0.329. The van der Waals surface area contributed by atoms with E-state index in [2.05, 4.69) is 50.7 Å². The van der Waals surface area contributed by atoms with E-state index in [0.717, 1.165) is 5.69 Å². The Hall–Kier alpha value is -6.63. The number of hydrogen-bond acceptors (Lipinski definition) is 14. The Labute approximate surface area is 306 Å². The number of aliphatic hydroxyl groups is 1. The van der Waals surface area contributed by atoms with Gasteiger partial charge in [-0.2, -0.15) is 10.2 Å². The average Bonchev–Trinajstić information content (AvgIpc) is 3.91. The topological polar surface area (TPSA) is 192 Å². The first-order chi connectivity index (χ1) is 25.7. The number of rotatable bonds is 11. The lowest BCUT2D eigenvalue weighted by atomic mass is 10.2. The molecule has 264 valence electrons. The minimum atomic E-state index is -1.14. The van der Waals surface area contributed by atoms with Gasteiger partial charge in [0.25, 0.3) is 5.91 Å². The Bertz CT molecular complexity index is 2620. The number of amides is 1. The van der Waals surface area contributed by atoms with Gasteiger partial charge in [-0.3, -0.25) is 14.8 Å². The third-order valence-electron chi connectivity index (χ3n) is 7.60. The number of aliphatic hydroxyl groups excluding tert-OH is 1. The molecular weight excluding hydrogens is 727 g/mol. The number of hydrogen-bond donors (Lipinski definition) is 3. The van der Waals surface area contributed by atoms with Crippen molar-refractivity contribution in [1.82, 2.24) is 49.1 Å². The second-order valence-corrected chi connectivity index (χ2v) is 12.7. The quantitative estimate of drug-likeness (QED) is 0.130. The number of pyridine rings is 5. The van der Waals surface area contributed by atoms with E-state index in [0.29, 0.717) is 44.3 Å². The molecule has 8 aromatic heterocycles. The molecule has 0 spiro atoms. The number of fused-ring (bicyclic) bond motifs is 2. The standard InChI is InChI=1S/C34H24ClFN12O4S/c1-18-15-53-34(43-18)46-33(50)26-8-23(13-47-31(26)40-17-41-47)51-21-3-2-20(38-12-21)7-28-27(36)4-5-29(44-28)45-32(49)25-9-24(14-48-30(25)39-16-42-48)52-22-6-19(35)10-37-11-22/h2-6,8-17,33,50H,7H2,1H3,(H,43,46)(H,44,45,49). The second-order valence-electron chi connectivity index (χ2n) is 11.4. The maximum Gasteiger partial charge on any atom is 0.260 e. The summed E-state index contributed by atoms with van der Waals surface area (Å²) in [6, 6.07) is 10.6. The van der Waals surface area contributed by atoms with Gasteiger partial charge in [0.15, 0.2) is 22.7 Å². The molecule has 0 radical (unpaired) electrons. The van der Waals surface area contributed by atoms with Gasteiger partial charge in [-0.25, -0.2) is 33.4 Å². The summed E-state index contributed by atoms with van der Waals surface area (Å²) in [5, 5.41) is 27.7. The fourth-order valence-corrected chi connectivity index (χ4v) is 6.13. The Morgan fingerprint density at radius 3 is 2.45 bits per heavy atom. The summed E-state index contributed by atoms with van der Waals surface area (Å²) in [4.78, 5) is 39.0. The van der Waals surface area contributed by atoms with Crippen molar-refractivity contribution in [3.05, 3.63) is 131 Å². The molecule has 53 heavy (non-hydrogen) atoms. The molecule has 0 fully saturated rings. The summed E-state index contributed by atoms with van der Waals surface area (Å²) in [7, 11) is 0. The molecule has 3 N–H and O–H groups in total. The Balaban J connectivity index is 0.964. The van der Waals surface area contributed by atoms with Crippen LogP contribution in [0.5, 0.6) is 23.0 Å². The predicted molar refractivity (Wildman–Crippen MR) is 190 cm³/mol. The van der Waals surface area contributed by atoms with Gasteiger partial charge in [-0.1, -0.05) is 11.6 Å². The molecule has 0 aliphatic carbocycles. The van der Waals surface area contributed by atoms with Crippen molar-refractivity contribution < 1.29 is 23.8 Å². The molecule has 8 heterocycles. The third-order valence-corrected chi connectivity index (χ3v) is 8.70. The van der Waals surface area contributed by atoms with E-state index in [-0.39, 0.29) is 34.9 Å². The largest absolute Gasteiger partial charge is 0.454 e. The SMILES string of the molecule is Cc1csc(NC(O)c2cc(Oc3ccc(Cc4nc(NC(=O)c5cc(Oc6cncc(Cl)c6)cn6ncnc56)ccc4F)nc3)cn3ncnc23)n1. The zero-order chi connectivity index (χ0) is 36.5. The van der Waals surface area contributed by atoms with E-state index >= 15 is 0 Å². The molecule has 19 heteroatoms. The van der Waals surface area contributed by atoms with Crippen molar-refractivity contribution in [2.45, 2.75) is 19.6 Å². The monoisotopic (exact) mass is 750 g/mol. The first-order valence-corrected chi connectivity index (χ1v) is 16.9. The van der Waals surface area contributed by atoms with Gasteiger partial charge < -0.3 is 25.2 Å². The van der Waals surface area contributed by atoms with Gasteiger partial charge in [-0.15, -0.1) is 11.3 Å². The summed E-state index contributed by atoms with van der Waals surface area (Å²) in [6.45, 7) is 1.86. The molecule has 1 unspecified atom stereocenters. The van der Waals surface area contributed by atoms with Gasteiger partial charge in [0.1, 0.15) is 47.3 Å². The van der Waals surface area contributed by atoms with E-state index < -0.39 is 18.0 Å². The lowest BCUT2D eigenvalue weighted by molar-refractivity contribution is 0.102. The minimum Gasteiger partial charge on any atom is -0.454 e. The molecule has 0 bridgehead atoms. The van der Waals surface area contributed by atoms with E-state index in [1.807, 2.05) is 12.3 Å². The molecule has 0 saturated heterocycles. The van der Waals surface area contributed by atoms with E-state index in [9.17, 15) is 14.3 Å². The van der Waals surface area contributed by atoms with Crippen LogP contribution >= 0.6 is 22.9 Å². The lowest BCUT2D eigenvalue weighted by Gasteiger charge is -2.15. The molecule has 8 rings (SSSR count). The van der Waals surface area contributed by atoms with Crippen LogP contribution < -0.4 is 20.1 Å². The van der Waals surface area contributed by atoms with Crippen LogP contribution in [0.25, 0.3) is 11.3 Å². The Morgan fingerprint density at radius 1 is 0.925 bits per heavy atom. The lowest BCUT2D eigenvalue weighted by Crippen LogP contribution is -2.15. The molecule has 16 nitrogen and oxygen atoms in total. The van der Waals surface area contributed by atoms with Crippen molar-refractivity contribution in [3.8, 4) is 23.0 Å². The summed E-state index contributed by atoms with van der Waals surface area (Å²) >= 11 is 7.39. The van der Waals surface area contributed by atoms with E-state index in [1.54, 1.807) is 36.7 Å². The second kappa shape index (κ2) is 14.2. The van der Waals surface area contributed by atoms with Crippen molar-refractivity contribution in [3.63, 3.8) is 0 Å². The zero-order valence-corrected chi connectivity index (χ0v) is 28.8. The van der Waals surface area contributed by atoms with Gasteiger partial charge in [0, 0.05) is 35.3 Å². The summed E-state index contributed by atoms with van der Waals surface area (Å²) in [6.07, 6.45) is 9.15. The fraction of sp³-hybridized carbons (Fsp3) is 0.0882. The predicted octanol–water partition coefficient (Wildman–Crippen LogP) is 6.05. The number of aryl methyl sites for hydroxylation is 1. The van der Waals surface area contributed by atoms with Crippen LogP contribution in [0.3, 0.4) is 0 Å². The summed E-state index contributed by atoms with van der Waals surface area (Å²) < 4.78 is 29.7. The highest BCUT2D eigenvalue weighted by molar-refractivity contribution is 7.13. The van der Waals surface area contributed by atoms with Crippen LogP contribution in [0.15, 0.2) is 91.5 Å². The molecule has 0 aliphatic rings. The van der Waals surface area contributed by atoms with Crippen LogP contribution in [-0.4, -0.2) is 60.1 Å². The van der Waals surface area contributed by atoms with Gasteiger partial charge in [-0.05, 0) is 43.3 Å². The number of halogens is 2. The highest BCUT2D eigenvalue weighted by atomic mass is 35.5. The normalized spacial score (nSPS) is 11.8. The van der Waals surface area contributed by atoms with Crippen molar-refractivity contribution in [2.24, 2.45) is 0 Å². The van der Waals surface area contributed by atoms with Gasteiger partial charge in [0.05, 0.1) is 46.8 Å².